The summed E-state index contributed by atoms with van der Waals surface area (Å²) in [6.45, 7) is 1.47. The Balaban J connectivity index is 2.07. The molecule has 2 amide bonds. The van der Waals surface area contributed by atoms with E-state index in [2.05, 4.69) is 0 Å². The molecule has 2 rings (SSSR count). The average Bonchev–Trinajstić information content (AvgIpc) is 2.90. The number of rotatable bonds is 6. The molecule has 4 N–H and O–H groups in total. The molecule has 6 nitrogen and oxygen atoms in total. The third-order valence-electron chi connectivity index (χ3n) is 3.60. The van der Waals surface area contributed by atoms with Gasteiger partial charge in [0.1, 0.15) is 0 Å². The van der Waals surface area contributed by atoms with Crippen LogP contribution in [0.2, 0.25) is 0 Å². The fraction of sp³-hybridized carbons (Fsp3) is 0.467. The summed E-state index contributed by atoms with van der Waals surface area (Å²) in [4.78, 5) is 25.2. The minimum atomic E-state index is -0.423. The van der Waals surface area contributed by atoms with Crippen LogP contribution in [-0.4, -0.2) is 42.5 Å². The SMILES string of the molecule is NC(=O)CCN(Cc1ccccc1)C(=O)C1COCC1N. The van der Waals surface area contributed by atoms with Crippen LogP contribution in [0.3, 0.4) is 0 Å². The van der Waals surface area contributed by atoms with Crippen LogP contribution in [0, 0.1) is 5.92 Å². The van der Waals surface area contributed by atoms with Gasteiger partial charge >= 0.3 is 0 Å². The van der Waals surface area contributed by atoms with E-state index in [9.17, 15) is 9.59 Å². The van der Waals surface area contributed by atoms with Crippen molar-refractivity contribution in [2.45, 2.75) is 19.0 Å². The highest BCUT2D eigenvalue weighted by Crippen LogP contribution is 2.17. The van der Waals surface area contributed by atoms with Crippen molar-refractivity contribution in [1.29, 1.82) is 0 Å². The van der Waals surface area contributed by atoms with Crippen LogP contribution in [0.15, 0.2) is 30.3 Å². The second kappa shape index (κ2) is 7.19. The highest BCUT2D eigenvalue weighted by molar-refractivity contribution is 5.81. The van der Waals surface area contributed by atoms with Crippen molar-refractivity contribution in [1.82, 2.24) is 4.90 Å². The van der Waals surface area contributed by atoms with Gasteiger partial charge < -0.3 is 21.1 Å². The lowest BCUT2D eigenvalue weighted by Crippen LogP contribution is -2.44. The predicted molar refractivity (Wildman–Crippen MR) is 78.0 cm³/mol. The smallest absolute Gasteiger partial charge is 0.229 e. The lowest BCUT2D eigenvalue weighted by Gasteiger charge is -2.26. The Kier molecular flexibility index (Phi) is 5.30. The summed E-state index contributed by atoms with van der Waals surface area (Å²) in [5.74, 6) is -0.848. The van der Waals surface area contributed by atoms with Crippen molar-refractivity contribution in [3.8, 4) is 0 Å². The molecule has 0 radical (unpaired) electrons. The predicted octanol–water partition coefficient (Wildman–Crippen LogP) is -0.136. The van der Waals surface area contributed by atoms with E-state index in [-0.39, 0.29) is 24.3 Å². The topological polar surface area (TPSA) is 98.7 Å². The van der Waals surface area contributed by atoms with E-state index in [1.165, 1.54) is 0 Å². The zero-order chi connectivity index (χ0) is 15.2. The van der Waals surface area contributed by atoms with Crippen molar-refractivity contribution in [2.75, 3.05) is 19.8 Å². The molecule has 1 aliphatic heterocycles. The third-order valence-corrected chi connectivity index (χ3v) is 3.60. The van der Waals surface area contributed by atoms with Crippen molar-refractivity contribution in [2.24, 2.45) is 17.4 Å². The Hall–Kier alpha value is -1.92. The van der Waals surface area contributed by atoms with Crippen molar-refractivity contribution >= 4 is 11.8 Å². The fourth-order valence-electron chi connectivity index (χ4n) is 2.38. The molecule has 1 aromatic carbocycles. The van der Waals surface area contributed by atoms with Crippen LogP contribution in [0.25, 0.3) is 0 Å². The normalized spacial score (nSPS) is 21.2. The van der Waals surface area contributed by atoms with Crippen LogP contribution < -0.4 is 11.5 Å². The van der Waals surface area contributed by atoms with Gasteiger partial charge in [0.25, 0.3) is 0 Å². The van der Waals surface area contributed by atoms with Gasteiger partial charge in [-0.1, -0.05) is 30.3 Å². The first-order valence-corrected chi connectivity index (χ1v) is 7.02. The maximum atomic E-state index is 12.6. The molecule has 114 valence electrons. The molecule has 1 aliphatic rings. The molecule has 0 aliphatic carbocycles. The number of hydrogen-bond acceptors (Lipinski definition) is 4. The first kappa shape index (κ1) is 15.5. The van der Waals surface area contributed by atoms with Crippen LogP contribution in [0.5, 0.6) is 0 Å². The van der Waals surface area contributed by atoms with Gasteiger partial charge in [0.2, 0.25) is 11.8 Å². The fourth-order valence-corrected chi connectivity index (χ4v) is 2.38. The van der Waals surface area contributed by atoms with Gasteiger partial charge in [-0.2, -0.15) is 0 Å². The van der Waals surface area contributed by atoms with Gasteiger partial charge in [0.15, 0.2) is 0 Å². The maximum absolute atomic E-state index is 12.6. The van der Waals surface area contributed by atoms with Gasteiger partial charge in [0, 0.05) is 25.6 Å². The molecule has 1 aromatic rings. The second-order valence-corrected chi connectivity index (χ2v) is 5.27. The quantitative estimate of drug-likeness (QED) is 0.762. The monoisotopic (exact) mass is 291 g/mol. The molecule has 0 bridgehead atoms. The molecule has 0 spiro atoms. The molecule has 6 heteroatoms. The number of hydrogen-bond donors (Lipinski definition) is 2. The van der Waals surface area contributed by atoms with Crippen LogP contribution in [0.4, 0.5) is 0 Å². The molecule has 1 fully saturated rings. The summed E-state index contributed by atoms with van der Waals surface area (Å²) >= 11 is 0. The van der Waals surface area contributed by atoms with Gasteiger partial charge in [0.05, 0.1) is 19.1 Å². The minimum absolute atomic E-state index is 0.0786. The largest absolute Gasteiger partial charge is 0.379 e. The summed E-state index contributed by atoms with van der Waals surface area (Å²) in [7, 11) is 0. The Morgan fingerprint density at radius 2 is 1.95 bits per heavy atom. The number of benzene rings is 1. The molecule has 2 unspecified atom stereocenters. The number of nitrogens with two attached hydrogens (primary N) is 2. The number of nitrogens with zero attached hydrogens (tertiary/aromatic N) is 1. The minimum Gasteiger partial charge on any atom is -0.379 e. The Morgan fingerprint density at radius 3 is 2.52 bits per heavy atom. The highest BCUT2D eigenvalue weighted by Gasteiger charge is 2.34. The van der Waals surface area contributed by atoms with E-state index >= 15 is 0 Å². The standard InChI is InChI=1S/C15H21N3O3/c16-13-10-21-9-12(13)15(20)18(7-6-14(17)19)8-11-4-2-1-3-5-11/h1-5,12-13H,6-10,16H2,(H2,17,19). The lowest BCUT2D eigenvalue weighted by molar-refractivity contribution is -0.136. The molecular formula is C15H21N3O3. The van der Waals surface area contributed by atoms with E-state index in [1.54, 1.807) is 4.90 Å². The van der Waals surface area contributed by atoms with Crippen LogP contribution in [0.1, 0.15) is 12.0 Å². The lowest BCUT2D eigenvalue weighted by atomic mass is 10.0. The molecule has 2 atom stereocenters. The molecule has 0 aromatic heterocycles. The highest BCUT2D eigenvalue weighted by atomic mass is 16.5. The Labute approximate surface area is 124 Å². The van der Waals surface area contributed by atoms with Crippen molar-refractivity contribution < 1.29 is 14.3 Å². The summed E-state index contributed by atoms with van der Waals surface area (Å²) < 4.78 is 5.25. The van der Waals surface area contributed by atoms with E-state index in [0.29, 0.717) is 26.3 Å². The summed E-state index contributed by atoms with van der Waals surface area (Å²) in [5, 5.41) is 0. The number of amides is 2. The van der Waals surface area contributed by atoms with E-state index in [4.69, 9.17) is 16.2 Å². The second-order valence-electron chi connectivity index (χ2n) is 5.27. The zero-order valence-corrected chi connectivity index (χ0v) is 11.9. The van der Waals surface area contributed by atoms with E-state index < -0.39 is 5.91 Å². The van der Waals surface area contributed by atoms with Gasteiger partial charge in [-0.05, 0) is 5.56 Å². The first-order chi connectivity index (χ1) is 10.1. The first-order valence-electron chi connectivity index (χ1n) is 7.02. The van der Waals surface area contributed by atoms with Crippen molar-refractivity contribution in [3.63, 3.8) is 0 Å². The summed E-state index contributed by atoms with van der Waals surface area (Å²) in [5.41, 5.74) is 12.1. The van der Waals surface area contributed by atoms with Crippen molar-refractivity contribution in [3.05, 3.63) is 35.9 Å². The molecule has 21 heavy (non-hydrogen) atoms. The van der Waals surface area contributed by atoms with E-state index in [0.717, 1.165) is 5.56 Å². The summed E-state index contributed by atoms with van der Waals surface area (Å²) in [6.07, 6.45) is 0.140. The molecular weight excluding hydrogens is 270 g/mol. The number of carbonyl (C=O) groups excluding carboxylic acids is 2. The summed E-state index contributed by atoms with van der Waals surface area (Å²) in [6, 6.07) is 9.34. The van der Waals surface area contributed by atoms with Gasteiger partial charge in [-0.25, -0.2) is 0 Å². The van der Waals surface area contributed by atoms with E-state index in [1.807, 2.05) is 30.3 Å². The Morgan fingerprint density at radius 1 is 1.24 bits per heavy atom. The average molecular weight is 291 g/mol. The molecule has 1 heterocycles. The molecule has 1 saturated heterocycles. The zero-order valence-electron chi connectivity index (χ0n) is 11.9. The van der Waals surface area contributed by atoms with Gasteiger partial charge in [-0.15, -0.1) is 0 Å². The van der Waals surface area contributed by atoms with Crippen LogP contribution in [-0.2, 0) is 20.9 Å². The van der Waals surface area contributed by atoms with Gasteiger partial charge in [-0.3, -0.25) is 9.59 Å². The Bertz CT molecular complexity index is 492. The maximum Gasteiger partial charge on any atom is 0.229 e. The van der Waals surface area contributed by atoms with Crippen LogP contribution >= 0.6 is 0 Å². The number of primary amides is 1. The molecule has 0 saturated carbocycles. The number of carbonyl (C=O) groups is 2. The third kappa shape index (κ3) is 4.27. The number of ether oxygens (including phenoxy) is 1.